The number of nitrogens with zero attached hydrogens (tertiary/aromatic N) is 1. The molecular formula is C26H24N2O2S. The van der Waals surface area contributed by atoms with Gasteiger partial charge in [-0.3, -0.25) is 4.79 Å². The van der Waals surface area contributed by atoms with E-state index in [2.05, 4.69) is 5.32 Å². The molecule has 0 spiro atoms. The molecule has 1 N–H and O–H groups in total. The van der Waals surface area contributed by atoms with Crippen molar-refractivity contribution in [2.75, 3.05) is 7.05 Å². The Morgan fingerprint density at radius 3 is 2.39 bits per heavy atom. The fraction of sp³-hybridized carbons (Fsp3) is 0.154. The molecule has 0 saturated heterocycles. The van der Waals surface area contributed by atoms with Crippen molar-refractivity contribution in [1.82, 2.24) is 10.2 Å². The Hall–Kier alpha value is -3.44. The molecule has 1 unspecified atom stereocenters. The van der Waals surface area contributed by atoms with Gasteiger partial charge in [0.15, 0.2) is 10.9 Å². The maximum atomic E-state index is 13.4. The van der Waals surface area contributed by atoms with Crippen LogP contribution in [-0.2, 0) is 6.61 Å². The van der Waals surface area contributed by atoms with Gasteiger partial charge in [0, 0.05) is 23.9 Å². The molecule has 156 valence electrons. The number of thiocarbonyl (C=S) groups is 1. The van der Waals surface area contributed by atoms with E-state index < -0.39 is 0 Å². The first-order chi connectivity index (χ1) is 15.0. The molecule has 0 saturated carbocycles. The molecule has 31 heavy (non-hydrogen) atoms. The first kappa shape index (κ1) is 20.8. The van der Waals surface area contributed by atoms with Crippen LogP contribution >= 0.6 is 12.2 Å². The summed E-state index contributed by atoms with van der Waals surface area (Å²) in [7, 11) is 1.87. The summed E-state index contributed by atoms with van der Waals surface area (Å²) >= 11 is 5.52. The maximum Gasteiger partial charge on any atom is 0.193 e. The Morgan fingerprint density at radius 2 is 1.68 bits per heavy atom. The summed E-state index contributed by atoms with van der Waals surface area (Å²) in [4.78, 5) is 15.3. The number of ketones is 1. The lowest BCUT2D eigenvalue weighted by Gasteiger charge is -2.36. The van der Waals surface area contributed by atoms with Gasteiger partial charge in [0.05, 0.1) is 6.04 Å². The Labute approximate surface area is 188 Å². The SMILES string of the molecule is CC1=C(C(=O)c2ccccc2)C(c2cccc(OCc3ccccc3)c2)NC(=S)N1C. The van der Waals surface area contributed by atoms with Gasteiger partial charge in [0.1, 0.15) is 12.4 Å². The van der Waals surface area contributed by atoms with Crippen molar-refractivity contribution >= 4 is 23.1 Å². The second-order valence-electron chi connectivity index (χ2n) is 7.48. The van der Waals surface area contributed by atoms with Gasteiger partial charge in [-0.25, -0.2) is 0 Å². The maximum absolute atomic E-state index is 13.4. The molecule has 0 aromatic heterocycles. The van der Waals surface area contributed by atoms with Crippen LogP contribution in [0, 0.1) is 0 Å². The van der Waals surface area contributed by atoms with Crippen molar-refractivity contribution in [2.24, 2.45) is 0 Å². The molecule has 1 aliphatic heterocycles. The molecule has 3 aromatic carbocycles. The van der Waals surface area contributed by atoms with Crippen molar-refractivity contribution in [1.29, 1.82) is 0 Å². The highest BCUT2D eigenvalue weighted by atomic mass is 32.1. The highest BCUT2D eigenvalue weighted by molar-refractivity contribution is 7.80. The number of rotatable bonds is 6. The molecule has 5 heteroatoms. The number of nitrogens with one attached hydrogen (secondary N) is 1. The highest BCUT2D eigenvalue weighted by Gasteiger charge is 2.33. The van der Waals surface area contributed by atoms with Gasteiger partial charge in [-0.15, -0.1) is 0 Å². The summed E-state index contributed by atoms with van der Waals surface area (Å²) in [6, 6.07) is 26.9. The Balaban J connectivity index is 1.66. The smallest absolute Gasteiger partial charge is 0.193 e. The molecule has 1 aliphatic rings. The molecule has 0 aliphatic carbocycles. The molecule has 0 fully saturated rings. The van der Waals surface area contributed by atoms with Crippen LogP contribution in [0.1, 0.15) is 34.5 Å². The van der Waals surface area contributed by atoms with Crippen LogP contribution in [0.15, 0.2) is 96.2 Å². The van der Waals surface area contributed by atoms with Crippen molar-refractivity contribution in [3.05, 3.63) is 113 Å². The van der Waals surface area contributed by atoms with Gasteiger partial charge in [-0.1, -0.05) is 72.8 Å². The zero-order valence-electron chi connectivity index (χ0n) is 17.5. The van der Waals surface area contributed by atoms with Gasteiger partial charge in [-0.05, 0) is 42.4 Å². The van der Waals surface area contributed by atoms with Crippen LogP contribution in [0.3, 0.4) is 0 Å². The molecule has 0 amide bonds. The minimum absolute atomic E-state index is 0.0134. The highest BCUT2D eigenvalue weighted by Crippen LogP contribution is 2.33. The van der Waals surface area contributed by atoms with Crippen molar-refractivity contribution in [2.45, 2.75) is 19.6 Å². The molecule has 4 rings (SSSR count). The lowest BCUT2D eigenvalue weighted by Crippen LogP contribution is -2.45. The first-order valence-electron chi connectivity index (χ1n) is 10.2. The zero-order chi connectivity index (χ0) is 21.8. The van der Waals surface area contributed by atoms with Crippen LogP contribution in [0.4, 0.5) is 0 Å². The summed E-state index contributed by atoms with van der Waals surface area (Å²) < 4.78 is 6.01. The Bertz CT molecular complexity index is 1130. The third-order valence-corrected chi connectivity index (χ3v) is 5.87. The van der Waals surface area contributed by atoms with Crippen LogP contribution in [0.2, 0.25) is 0 Å². The molecule has 1 heterocycles. The molecule has 4 nitrogen and oxygen atoms in total. The largest absolute Gasteiger partial charge is 0.489 e. The summed E-state index contributed by atoms with van der Waals surface area (Å²) in [6.45, 7) is 2.42. The second-order valence-corrected chi connectivity index (χ2v) is 7.87. The third kappa shape index (κ3) is 4.52. The van der Waals surface area contributed by atoms with Gasteiger partial charge >= 0.3 is 0 Å². The number of carbonyl (C=O) groups is 1. The summed E-state index contributed by atoms with van der Waals surface area (Å²) in [5, 5.41) is 3.92. The van der Waals surface area contributed by atoms with Crippen LogP contribution in [0.25, 0.3) is 0 Å². The lowest BCUT2D eigenvalue weighted by molar-refractivity contribution is 0.102. The van der Waals surface area contributed by atoms with Crippen LogP contribution in [0.5, 0.6) is 5.75 Å². The molecular weight excluding hydrogens is 404 g/mol. The quantitative estimate of drug-likeness (QED) is 0.427. The van der Waals surface area contributed by atoms with E-state index in [9.17, 15) is 4.79 Å². The van der Waals surface area contributed by atoms with E-state index in [1.807, 2.05) is 104 Å². The number of Topliss-reactive ketones (excluding diaryl/α,β-unsaturated/α-hetero) is 1. The summed E-state index contributed by atoms with van der Waals surface area (Å²) in [6.07, 6.45) is 0. The average Bonchev–Trinajstić information content (AvgIpc) is 2.82. The number of allylic oxidation sites excluding steroid dienone is 1. The van der Waals surface area contributed by atoms with Crippen molar-refractivity contribution in [3.8, 4) is 5.75 Å². The number of hydrogen-bond donors (Lipinski definition) is 1. The van der Waals surface area contributed by atoms with E-state index in [1.54, 1.807) is 0 Å². The standard InChI is InChI=1S/C26H24N2O2S/c1-18-23(25(29)20-12-7-4-8-13-20)24(27-26(31)28(18)2)21-14-9-15-22(16-21)30-17-19-10-5-3-6-11-19/h3-16,24H,17H2,1-2H3,(H,27,31). The molecule has 0 radical (unpaired) electrons. The fourth-order valence-corrected chi connectivity index (χ4v) is 3.90. The molecule has 0 bridgehead atoms. The van der Waals surface area contributed by atoms with E-state index in [0.717, 1.165) is 22.6 Å². The van der Waals surface area contributed by atoms with E-state index in [1.165, 1.54) is 0 Å². The van der Waals surface area contributed by atoms with Gasteiger partial charge in [-0.2, -0.15) is 0 Å². The predicted molar refractivity (Wildman–Crippen MR) is 127 cm³/mol. The minimum Gasteiger partial charge on any atom is -0.489 e. The Kier molecular flexibility index (Phi) is 6.14. The number of carbonyl (C=O) groups excluding carboxylic acids is 1. The zero-order valence-corrected chi connectivity index (χ0v) is 18.4. The van der Waals surface area contributed by atoms with E-state index in [-0.39, 0.29) is 11.8 Å². The van der Waals surface area contributed by atoms with Gasteiger partial charge in [0.2, 0.25) is 0 Å². The number of benzene rings is 3. The van der Waals surface area contributed by atoms with Crippen molar-refractivity contribution < 1.29 is 9.53 Å². The van der Waals surface area contributed by atoms with Crippen LogP contribution in [-0.4, -0.2) is 22.8 Å². The Morgan fingerprint density at radius 1 is 1.00 bits per heavy atom. The summed E-state index contributed by atoms with van der Waals surface area (Å²) in [5.74, 6) is 0.734. The molecule has 3 aromatic rings. The van der Waals surface area contributed by atoms with Gasteiger partial charge < -0.3 is 15.0 Å². The topological polar surface area (TPSA) is 41.6 Å². The number of ether oxygens (including phenoxy) is 1. The van der Waals surface area contributed by atoms with Gasteiger partial charge in [0.25, 0.3) is 0 Å². The third-order valence-electron chi connectivity index (χ3n) is 5.47. The van der Waals surface area contributed by atoms with Crippen molar-refractivity contribution in [3.63, 3.8) is 0 Å². The van der Waals surface area contributed by atoms with E-state index in [4.69, 9.17) is 17.0 Å². The minimum atomic E-state index is -0.350. The van der Waals surface area contributed by atoms with Crippen LogP contribution < -0.4 is 10.1 Å². The first-order valence-corrected chi connectivity index (χ1v) is 10.6. The average molecular weight is 429 g/mol. The van der Waals surface area contributed by atoms with E-state index >= 15 is 0 Å². The predicted octanol–water partition coefficient (Wildman–Crippen LogP) is 5.28. The molecule has 1 atom stereocenters. The monoisotopic (exact) mass is 428 g/mol. The lowest BCUT2D eigenvalue weighted by atomic mass is 9.89. The summed E-state index contributed by atoms with van der Waals surface area (Å²) in [5.41, 5.74) is 4.21. The second kappa shape index (κ2) is 9.14. The number of hydrogen-bond acceptors (Lipinski definition) is 3. The van der Waals surface area contributed by atoms with E-state index in [0.29, 0.717) is 22.9 Å². The fourth-order valence-electron chi connectivity index (χ4n) is 3.65. The normalized spacial score (nSPS) is 16.1.